The zero-order chi connectivity index (χ0) is 21.8. The van der Waals surface area contributed by atoms with Gasteiger partial charge in [0.2, 0.25) is 0 Å². The molecule has 160 valence electrons. The fourth-order valence-corrected chi connectivity index (χ4v) is 4.51. The van der Waals surface area contributed by atoms with Gasteiger partial charge in [-0.2, -0.15) is 0 Å². The normalized spacial score (nSPS) is 19.7. The molecule has 0 aromatic heterocycles. The van der Waals surface area contributed by atoms with Gasteiger partial charge >= 0.3 is 0 Å². The second-order valence-corrected chi connectivity index (χ2v) is 8.05. The van der Waals surface area contributed by atoms with E-state index in [9.17, 15) is 9.59 Å². The maximum Gasteiger partial charge on any atom is 0.166 e. The predicted molar refractivity (Wildman–Crippen MR) is 119 cm³/mol. The monoisotopic (exact) mass is 417 g/mol. The molecule has 4 rings (SSSR count). The van der Waals surface area contributed by atoms with Crippen molar-refractivity contribution in [3.63, 3.8) is 0 Å². The van der Waals surface area contributed by atoms with Crippen LogP contribution < -0.4 is 9.47 Å². The van der Waals surface area contributed by atoms with Crippen LogP contribution in [0.2, 0.25) is 0 Å². The summed E-state index contributed by atoms with van der Waals surface area (Å²) < 4.78 is 10.8. The number of carbonyl (C=O) groups excluding carboxylic acids is 2. The van der Waals surface area contributed by atoms with Gasteiger partial charge in [0.05, 0.1) is 14.2 Å². The van der Waals surface area contributed by atoms with Crippen LogP contribution in [0.4, 0.5) is 0 Å². The average Bonchev–Trinajstić information content (AvgIpc) is 3.09. The van der Waals surface area contributed by atoms with Crippen molar-refractivity contribution in [1.29, 1.82) is 0 Å². The molecule has 0 saturated heterocycles. The Kier molecular flexibility index (Phi) is 6.21. The van der Waals surface area contributed by atoms with Gasteiger partial charge in [-0.25, -0.2) is 0 Å². The Labute approximate surface area is 183 Å². The Bertz CT molecular complexity index is 1030. The Balaban J connectivity index is 1.49. The van der Waals surface area contributed by atoms with Gasteiger partial charge in [0.1, 0.15) is 6.29 Å². The van der Waals surface area contributed by atoms with Crippen molar-refractivity contribution in [3.05, 3.63) is 83.2 Å². The number of methoxy groups -OCH3 is 2. The molecular weight excluding hydrogens is 390 g/mol. The first-order chi connectivity index (χ1) is 15.1. The molecule has 5 nitrogen and oxygen atoms in total. The number of nitrogens with zero attached hydrogens (tertiary/aromatic N) is 1. The van der Waals surface area contributed by atoms with Crippen LogP contribution in [0.1, 0.15) is 34.3 Å². The second kappa shape index (κ2) is 9.21. The van der Waals surface area contributed by atoms with E-state index in [-0.39, 0.29) is 17.6 Å². The quantitative estimate of drug-likeness (QED) is 0.589. The summed E-state index contributed by atoms with van der Waals surface area (Å²) in [5.41, 5.74) is 3.97. The molecule has 2 atom stereocenters. The maximum atomic E-state index is 13.1. The van der Waals surface area contributed by atoms with E-state index in [2.05, 4.69) is 35.5 Å². The first-order valence-electron chi connectivity index (χ1n) is 10.5. The number of hydrogen-bond acceptors (Lipinski definition) is 5. The molecule has 0 saturated carbocycles. The number of carbonyl (C=O) groups is 2. The van der Waals surface area contributed by atoms with E-state index < -0.39 is 0 Å². The summed E-state index contributed by atoms with van der Waals surface area (Å²) in [4.78, 5) is 26.5. The molecular formula is C26H27NO4. The number of allylic oxidation sites excluding steroid dienone is 2. The molecule has 0 N–H and O–H groups in total. The molecule has 0 fully saturated rings. The zero-order valence-electron chi connectivity index (χ0n) is 17.9. The summed E-state index contributed by atoms with van der Waals surface area (Å²) in [6.07, 6.45) is 8.93. The Morgan fingerprint density at radius 3 is 2.55 bits per heavy atom. The first-order valence-corrected chi connectivity index (χ1v) is 10.5. The van der Waals surface area contributed by atoms with Crippen LogP contribution in [0.25, 0.3) is 0 Å². The molecule has 2 aliphatic rings. The van der Waals surface area contributed by atoms with Gasteiger partial charge in [0, 0.05) is 42.8 Å². The summed E-state index contributed by atoms with van der Waals surface area (Å²) >= 11 is 0. The smallest absolute Gasteiger partial charge is 0.166 e. The van der Waals surface area contributed by atoms with E-state index in [0.717, 1.165) is 24.0 Å². The van der Waals surface area contributed by atoms with Crippen LogP contribution >= 0.6 is 0 Å². The third-order valence-corrected chi connectivity index (χ3v) is 6.10. The van der Waals surface area contributed by atoms with E-state index in [0.29, 0.717) is 36.3 Å². The van der Waals surface area contributed by atoms with Crippen LogP contribution in [-0.4, -0.2) is 31.2 Å². The van der Waals surface area contributed by atoms with Gasteiger partial charge in [-0.3, -0.25) is 4.79 Å². The summed E-state index contributed by atoms with van der Waals surface area (Å²) in [5, 5.41) is 0. The second-order valence-electron chi connectivity index (χ2n) is 8.05. The van der Waals surface area contributed by atoms with Crippen LogP contribution in [-0.2, 0) is 17.8 Å². The van der Waals surface area contributed by atoms with Crippen molar-refractivity contribution >= 4 is 12.1 Å². The number of rotatable bonds is 8. The van der Waals surface area contributed by atoms with Gasteiger partial charge in [-0.1, -0.05) is 36.4 Å². The minimum absolute atomic E-state index is 0.0734. The molecule has 0 radical (unpaired) electrons. The van der Waals surface area contributed by atoms with Gasteiger partial charge in [-0.05, 0) is 41.7 Å². The lowest BCUT2D eigenvalue weighted by Crippen LogP contribution is -2.21. The largest absolute Gasteiger partial charge is 0.493 e. The Morgan fingerprint density at radius 1 is 1.10 bits per heavy atom. The molecule has 1 aliphatic carbocycles. The molecule has 5 heteroatoms. The fourth-order valence-electron chi connectivity index (χ4n) is 4.51. The van der Waals surface area contributed by atoms with E-state index in [1.807, 2.05) is 24.3 Å². The highest BCUT2D eigenvalue weighted by atomic mass is 16.5. The molecule has 31 heavy (non-hydrogen) atoms. The third-order valence-electron chi connectivity index (χ3n) is 6.10. The van der Waals surface area contributed by atoms with E-state index in [1.165, 1.54) is 5.56 Å². The first kappa shape index (κ1) is 20.9. The highest BCUT2D eigenvalue weighted by molar-refractivity contribution is 6.03. The lowest BCUT2D eigenvalue weighted by Gasteiger charge is -2.28. The molecule has 1 aliphatic heterocycles. The molecule has 1 heterocycles. The van der Waals surface area contributed by atoms with Crippen molar-refractivity contribution in [2.24, 2.45) is 11.8 Å². The van der Waals surface area contributed by atoms with Crippen LogP contribution in [0.5, 0.6) is 11.5 Å². The lowest BCUT2D eigenvalue weighted by atomic mass is 9.84. The Morgan fingerprint density at radius 2 is 1.84 bits per heavy atom. The molecule has 2 aromatic rings. The minimum atomic E-state index is -0.114. The minimum Gasteiger partial charge on any atom is -0.493 e. The summed E-state index contributed by atoms with van der Waals surface area (Å²) in [6, 6.07) is 13.9. The third kappa shape index (κ3) is 4.41. The molecule has 0 bridgehead atoms. The number of benzene rings is 2. The number of Topliss-reactive ketones (excluding diaryl/α,β-unsaturated/α-hetero) is 1. The van der Waals surface area contributed by atoms with Gasteiger partial charge in [0.25, 0.3) is 0 Å². The number of hydrogen-bond donors (Lipinski definition) is 0. The van der Waals surface area contributed by atoms with Crippen molar-refractivity contribution in [3.8, 4) is 11.5 Å². The standard InChI is InChI=1S/C26H27NO4/c1-30-24-14-21-13-22(26(29)23(21)15-25(24)31-2)12-19-8-10-27(17-20(19)9-11-28)16-18-6-4-3-5-7-18/h3-8,10-11,14-15,17,19,22H,9,12-13,16H2,1-2H3. The number of ketones is 1. The van der Waals surface area contributed by atoms with Crippen LogP contribution in [0, 0.1) is 11.8 Å². The van der Waals surface area contributed by atoms with E-state index in [4.69, 9.17) is 9.47 Å². The fraction of sp³-hybridized carbons (Fsp3) is 0.308. The van der Waals surface area contributed by atoms with Crippen molar-refractivity contribution in [2.75, 3.05) is 14.2 Å². The van der Waals surface area contributed by atoms with Gasteiger partial charge in [0.15, 0.2) is 17.3 Å². The molecule has 2 aromatic carbocycles. The topological polar surface area (TPSA) is 55.8 Å². The maximum absolute atomic E-state index is 13.1. The van der Waals surface area contributed by atoms with Gasteiger partial charge < -0.3 is 19.2 Å². The zero-order valence-corrected chi connectivity index (χ0v) is 17.9. The van der Waals surface area contributed by atoms with Crippen LogP contribution in [0.15, 0.2) is 66.5 Å². The lowest BCUT2D eigenvalue weighted by molar-refractivity contribution is -0.107. The highest BCUT2D eigenvalue weighted by Gasteiger charge is 2.34. The Hall–Kier alpha value is -3.34. The summed E-state index contributed by atoms with van der Waals surface area (Å²) in [7, 11) is 3.18. The molecule has 2 unspecified atom stereocenters. The summed E-state index contributed by atoms with van der Waals surface area (Å²) in [5.74, 6) is 1.32. The van der Waals surface area contributed by atoms with Gasteiger partial charge in [-0.15, -0.1) is 0 Å². The number of ether oxygens (including phenoxy) is 2. The van der Waals surface area contributed by atoms with E-state index >= 15 is 0 Å². The SMILES string of the molecule is COc1cc2c(cc1OC)C(=O)C(CC1C=CN(Cc3ccccc3)C=C1CC=O)C2. The van der Waals surface area contributed by atoms with Crippen molar-refractivity contribution in [1.82, 2.24) is 4.90 Å². The predicted octanol–water partition coefficient (Wildman–Crippen LogP) is 4.57. The van der Waals surface area contributed by atoms with E-state index in [1.54, 1.807) is 20.3 Å². The number of aldehydes is 1. The number of fused-ring (bicyclic) bond motifs is 1. The van der Waals surface area contributed by atoms with Crippen molar-refractivity contribution in [2.45, 2.75) is 25.8 Å². The van der Waals surface area contributed by atoms with Crippen molar-refractivity contribution < 1.29 is 19.1 Å². The molecule has 0 spiro atoms. The molecule has 0 amide bonds. The summed E-state index contributed by atoms with van der Waals surface area (Å²) in [6.45, 7) is 0.750. The van der Waals surface area contributed by atoms with Crippen LogP contribution in [0.3, 0.4) is 0 Å². The average molecular weight is 418 g/mol. The highest BCUT2D eigenvalue weighted by Crippen LogP contribution is 2.40.